The van der Waals surface area contributed by atoms with Gasteiger partial charge in [0.05, 0.1) is 12.1 Å². The van der Waals surface area contributed by atoms with E-state index in [1.165, 1.54) is 12.1 Å². The zero-order valence-electron chi connectivity index (χ0n) is 7.76. The second-order valence-electron chi connectivity index (χ2n) is 2.59. The number of nitrogens with zero attached hydrogens (tertiary/aromatic N) is 1. The summed E-state index contributed by atoms with van der Waals surface area (Å²) in [4.78, 5) is 0. The third-order valence-electron chi connectivity index (χ3n) is 1.65. The number of nitrogens with one attached hydrogen (secondary N) is 1. The molecule has 0 aliphatic carbocycles. The smallest absolute Gasteiger partial charge is 0.143 e. The molecule has 0 atom stereocenters. The van der Waals surface area contributed by atoms with E-state index >= 15 is 0 Å². The van der Waals surface area contributed by atoms with E-state index in [1.54, 1.807) is 19.1 Å². The van der Waals surface area contributed by atoms with Crippen LogP contribution in [0.4, 0.5) is 10.1 Å². The maximum atomic E-state index is 13.1. The Morgan fingerprint density at radius 2 is 2.29 bits per heavy atom. The second kappa shape index (κ2) is 4.89. The van der Waals surface area contributed by atoms with Crippen LogP contribution in [0.2, 0.25) is 0 Å². The van der Waals surface area contributed by atoms with Gasteiger partial charge in [-0.15, -0.1) is 5.92 Å². The SMILES string of the molecule is CC#CCNc1ccc(C#N)c(F)c1. The molecule has 0 unspecified atom stereocenters. The first kappa shape index (κ1) is 10.1. The molecule has 3 heteroatoms. The molecule has 0 heterocycles. The Kier molecular flexibility index (Phi) is 3.52. The van der Waals surface area contributed by atoms with Gasteiger partial charge in [0, 0.05) is 5.69 Å². The molecular weight excluding hydrogens is 179 g/mol. The van der Waals surface area contributed by atoms with Gasteiger partial charge in [-0.05, 0) is 25.1 Å². The number of anilines is 1. The van der Waals surface area contributed by atoms with E-state index in [4.69, 9.17) is 5.26 Å². The highest BCUT2D eigenvalue weighted by molar-refractivity contribution is 5.48. The van der Waals surface area contributed by atoms with Gasteiger partial charge in [-0.2, -0.15) is 5.26 Å². The van der Waals surface area contributed by atoms with E-state index in [2.05, 4.69) is 17.2 Å². The van der Waals surface area contributed by atoms with Crippen LogP contribution in [0.3, 0.4) is 0 Å². The van der Waals surface area contributed by atoms with Crippen LogP contribution in [0.25, 0.3) is 0 Å². The van der Waals surface area contributed by atoms with Gasteiger partial charge >= 0.3 is 0 Å². The summed E-state index contributed by atoms with van der Waals surface area (Å²) in [5, 5.41) is 11.4. The Hall–Kier alpha value is -2.00. The summed E-state index contributed by atoms with van der Waals surface area (Å²) in [6.45, 7) is 2.21. The van der Waals surface area contributed by atoms with Crippen LogP contribution in [0.1, 0.15) is 12.5 Å². The number of halogens is 1. The van der Waals surface area contributed by atoms with Crippen LogP contribution >= 0.6 is 0 Å². The summed E-state index contributed by atoms with van der Waals surface area (Å²) < 4.78 is 13.1. The number of hydrogen-bond acceptors (Lipinski definition) is 2. The van der Waals surface area contributed by atoms with Gasteiger partial charge in [0.2, 0.25) is 0 Å². The fourth-order valence-corrected chi connectivity index (χ4v) is 0.950. The van der Waals surface area contributed by atoms with Gasteiger partial charge in [0.15, 0.2) is 0 Å². The molecule has 0 fully saturated rings. The molecule has 1 aromatic carbocycles. The summed E-state index contributed by atoms with van der Waals surface area (Å²) in [5.41, 5.74) is 0.682. The van der Waals surface area contributed by atoms with E-state index in [9.17, 15) is 4.39 Å². The highest BCUT2D eigenvalue weighted by atomic mass is 19.1. The summed E-state index contributed by atoms with van der Waals surface area (Å²) in [6, 6.07) is 6.14. The van der Waals surface area contributed by atoms with Gasteiger partial charge in [-0.1, -0.05) is 5.92 Å². The van der Waals surface area contributed by atoms with E-state index in [-0.39, 0.29) is 5.56 Å². The Bertz CT molecular complexity index is 421. The maximum Gasteiger partial charge on any atom is 0.143 e. The van der Waals surface area contributed by atoms with Gasteiger partial charge in [-0.25, -0.2) is 4.39 Å². The molecule has 0 bridgehead atoms. The molecule has 0 saturated carbocycles. The average molecular weight is 188 g/mol. The minimum Gasteiger partial charge on any atom is -0.374 e. The first-order valence-electron chi connectivity index (χ1n) is 4.11. The summed E-state index contributed by atoms with van der Waals surface area (Å²) >= 11 is 0. The molecule has 1 rings (SSSR count). The van der Waals surface area contributed by atoms with Crippen molar-refractivity contribution in [2.75, 3.05) is 11.9 Å². The topological polar surface area (TPSA) is 35.8 Å². The molecule has 14 heavy (non-hydrogen) atoms. The summed E-state index contributed by atoms with van der Waals surface area (Å²) in [5.74, 6) is 5.00. The molecule has 0 aromatic heterocycles. The Morgan fingerprint density at radius 3 is 2.86 bits per heavy atom. The monoisotopic (exact) mass is 188 g/mol. The third kappa shape index (κ3) is 2.50. The zero-order chi connectivity index (χ0) is 10.4. The van der Waals surface area contributed by atoms with Crippen LogP contribution in [-0.2, 0) is 0 Å². The summed E-state index contributed by atoms with van der Waals surface area (Å²) in [6.07, 6.45) is 0. The lowest BCUT2D eigenvalue weighted by Gasteiger charge is -2.02. The predicted molar refractivity (Wildman–Crippen MR) is 53.1 cm³/mol. The summed E-state index contributed by atoms with van der Waals surface area (Å²) in [7, 11) is 0. The lowest BCUT2D eigenvalue weighted by Crippen LogP contribution is -1.99. The molecule has 0 aliphatic heterocycles. The molecule has 1 aromatic rings. The van der Waals surface area contributed by atoms with Crippen molar-refractivity contribution < 1.29 is 4.39 Å². The first-order valence-corrected chi connectivity index (χ1v) is 4.11. The third-order valence-corrected chi connectivity index (χ3v) is 1.65. The minimum absolute atomic E-state index is 0.0529. The zero-order valence-corrected chi connectivity index (χ0v) is 7.76. The van der Waals surface area contributed by atoms with Crippen molar-refractivity contribution in [3.05, 3.63) is 29.6 Å². The van der Waals surface area contributed by atoms with Gasteiger partial charge in [-0.3, -0.25) is 0 Å². The molecule has 1 N–H and O–H groups in total. The highest BCUT2D eigenvalue weighted by Gasteiger charge is 2.00. The van der Waals surface area contributed by atoms with Crippen LogP contribution in [0.5, 0.6) is 0 Å². The number of hydrogen-bond donors (Lipinski definition) is 1. The highest BCUT2D eigenvalue weighted by Crippen LogP contribution is 2.13. The predicted octanol–water partition coefficient (Wildman–Crippen LogP) is 2.13. The molecule has 0 spiro atoms. The standard InChI is InChI=1S/C11H9FN2/c1-2-3-6-14-10-5-4-9(8-13)11(12)7-10/h4-5,7,14H,6H2,1H3. The van der Waals surface area contributed by atoms with Crippen LogP contribution in [-0.4, -0.2) is 6.54 Å². The van der Waals surface area contributed by atoms with Crippen molar-refractivity contribution in [3.8, 4) is 17.9 Å². The normalized spacial score (nSPS) is 8.36. The van der Waals surface area contributed by atoms with Crippen molar-refractivity contribution in [1.82, 2.24) is 0 Å². The van der Waals surface area contributed by atoms with E-state index < -0.39 is 5.82 Å². The molecule has 0 amide bonds. The largest absolute Gasteiger partial charge is 0.374 e. The van der Waals surface area contributed by atoms with E-state index in [0.717, 1.165) is 0 Å². The first-order chi connectivity index (χ1) is 6.77. The number of benzene rings is 1. The molecule has 0 saturated heterocycles. The molecule has 70 valence electrons. The minimum atomic E-state index is -0.512. The van der Waals surface area contributed by atoms with Crippen molar-refractivity contribution in [3.63, 3.8) is 0 Å². The van der Waals surface area contributed by atoms with Crippen molar-refractivity contribution in [2.24, 2.45) is 0 Å². The average Bonchev–Trinajstić information content (AvgIpc) is 2.18. The van der Waals surface area contributed by atoms with Crippen LogP contribution < -0.4 is 5.32 Å². The fraction of sp³-hybridized carbons (Fsp3) is 0.182. The van der Waals surface area contributed by atoms with E-state index in [1.807, 2.05) is 0 Å². The molecule has 0 aliphatic rings. The Morgan fingerprint density at radius 1 is 1.50 bits per heavy atom. The lowest BCUT2D eigenvalue weighted by molar-refractivity contribution is 0.624. The fourth-order valence-electron chi connectivity index (χ4n) is 0.950. The van der Waals surface area contributed by atoms with Crippen molar-refractivity contribution >= 4 is 5.69 Å². The Balaban J connectivity index is 2.75. The Labute approximate surface area is 82.4 Å². The lowest BCUT2D eigenvalue weighted by atomic mass is 10.2. The quantitative estimate of drug-likeness (QED) is 0.722. The van der Waals surface area contributed by atoms with Crippen molar-refractivity contribution in [1.29, 1.82) is 5.26 Å². The second-order valence-corrected chi connectivity index (χ2v) is 2.59. The molecule has 0 radical (unpaired) electrons. The van der Waals surface area contributed by atoms with E-state index in [0.29, 0.717) is 12.2 Å². The van der Waals surface area contributed by atoms with Crippen LogP contribution in [0, 0.1) is 29.0 Å². The molecular formula is C11H9FN2. The number of rotatable bonds is 2. The van der Waals surface area contributed by atoms with Crippen LogP contribution in [0.15, 0.2) is 18.2 Å². The maximum absolute atomic E-state index is 13.1. The van der Waals surface area contributed by atoms with Gasteiger partial charge < -0.3 is 5.32 Å². The van der Waals surface area contributed by atoms with Gasteiger partial charge in [0.1, 0.15) is 11.9 Å². The van der Waals surface area contributed by atoms with Crippen molar-refractivity contribution in [2.45, 2.75) is 6.92 Å². The molecule has 2 nitrogen and oxygen atoms in total. The number of nitriles is 1. The van der Waals surface area contributed by atoms with Gasteiger partial charge in [0.25, 0.3) is 0 Å².